The van der Waals surface area contributed by atoms with E-state index in [2.05, 4.69) is 52.4 Å². The van der Waals surface area contributed by atoms with Crippen molar-refractivity contribution in [2.45, 2.75) is 13.0 Å². The van der Waals surface area contributed by atoms with Gasteiger partial charge in [0.05, 0.1) is 17.1 Å². The van der Waals surface area contributed by atoms with E-state index in [9.17, 15) is 0 Å². The Morgan fingerprint density at radius 2 is 2.29 bits per heavy atom. The lowest BCUT2D eigenvalue weighted by Crippen LogP contribution is -2.44. The van der Waals surface area contributed by atoms with E-state index in [4.69, 9.17) is 0 Å². The zero-order valence-corrected chi connectivity index (χ0v) is 10.3. The van der Waals surface area contributed by atoms with Crippen LogP contribution in [0.25, 0.3) is 11.0 Å². The van der Waals surface area contributed by atoms with Gasteiger partial charge in [0.25, 0.3) is 0 Å². The topological polar surface area (TPSA) is 44.0 Å². The number of rotatable bonds is 1. The van der Waals surface area contributed by atoms with Gasteiger partial charge in [-0.05, 0) is 31.7 Å². The summed E-state index contributed by atoms with van der Waals surface area (Å²) >= 11 is 0. The van der Waals surface area contributed by atoms with Gasteiger partial charge in [0.1, 0.15) is 5.82 Å². The molecule has 1 aromatic carbocycles. The van der Waals surface area contributed by atoms with E-state index in [1.165, 1.54) is 5.56 Å². The third kappa shape index (κ3) is 2.06. The van der Waals surface area contributed by atoms with E-state index in [1.54, 1.807) is 0 Å². The summed E-state index contributed by atoms with van der Waals surface area (Å²) in [6.45, 7) is 5.25. The molecule has 2 heterocycles. The van der Waals surface area contributed by atoms with Crippen LogP contribution >= 0.6 is 0 Å². The van der Waals surface area contributed by atoms with Gasteiger partial charge in [-0.25, -0.2) is 4.98 Å². The molecule has 4 heteroatoms. The fourth-order valence-electron chi connectivity index (χ4n) is 2.39. The molecule has 1 unspecified atom stereocenters. The maximum absolute atomic E-state index is 4.67. The molecule has 1 aliphatic rings. The maximum atomic E-state index is 4.67. The lowest BCUT2D eigenvalue weighted by molar-refractivity contribution is 0.236. The van der Waals surface area contributed by atoms with Crippen molar-refractivity contribution in [3.8, 4) is 0 Å². The van der Waals surface area contributed by atoms with Crippen molar-refractivity contribution >= 4 is 11.0 Å². The third-order valence-electron chi connectivity index (χ3n) is 3.36. The smallest absolute Gasteiger partial charge is 0.125 e. The quantitative estimate of drug-likeness (QED) is 0.779. The monoisotopic (exact) mass is 230 g/mol. The highest BCUT2D eigenvalue weighted by atomic mass is 15.2. The minimum absolute atomic E-state index is 0.321. The number of H-pyrrole nitrogens is 1. The number of fused-ring (bicyclic) bond motifs is 1. The molecule has 2 aromatic rings. The molecule has 17 heavy (non-hydrogen) atoms. The summed E-state index contributed by atoms with van der Waals surface area (Å²) in [6, 6.07) is 6.66. The fraction of sp³-hybridized carbons (Fsp3) is 0.462. The Labute approximate surface area is 101 Å². The van der Waals surface area contributed by atoms with Gasteiger partial charge >= 0.3 is 0 Å². The first-order valence-electron chi connectivity index (χ1n) is 6.10. The molecule has 90 valence electrons. The van der Waals surface area contributed by atoms with Gasteiger partial charge in [-0.2, -0.15) is 0 Å². The number of aromatic nitrogens is 2. The van der Waals surface area contributed by atoms with Crippen LogP contribution in [0.1, 0.15) is 17.4 Å². The molecule has 1 aromatic heterocycles. The molecule has 0 saturated carbocycles. The molecule has 3 rings (SSSR count). The SMILES string of the molecule is Cc1ccc2nc(C3CN(C)CCN3)[nH]c2c1. The zero-order valence-electron chi connectivity index (χ0n) is 10.3. The average molecular weight is 230 g/mol. The molecule has 0 bridgehead atoms. The average Bonchev–Trinajstić information content (AvgIpc) is 2.72. The Balaban J connectivity index is 1.94. The van der Waals surface area contributed by atoms with Gasteiger partial charge < -0.3 is 15.2 Å². The standard InChI is InChI=1S/C13H18N4/c1-9-3-4-10-11(7-9)16-13(15-10)12-8-17(2)6-5-14-12/h3-4,7,12,14H,5-6,8H2,1-2H3,(H,15,16). The predicted molar refractivity (Wildman–Crippen MR) is 69.1 cm³/mol. The van der Waals surface area contributed by atoms with E-state index in [0.717, 1.165) is 36.5 Å². The van der Waals surface area contributed by atoms with Crippen molar-refractivity contribution < 1.29 is 0 Å². The van der Waals surface area contributed by atoms with E-state index in [1.807, 2.05) is 0 Å². The molecule has 4 nitrogen and oxygen atoms in total. The van der Waals surface area contributed by atoms with Gasteiger partial charge in [0.2, 0.25) is 0 Å². The number of aromatic amines is 1. The Kier molecular flexibility index (Phi) is 2.61. The van der Waals surface area contributed by atoms with E-state index < -0.39 is 0 Å². The molecule has 0 radical (unpaired) electrons. The van der Waals surface area contributed by atoms with Crippen molar-refractivity contribution in [1.82, 2.24) is 20.2 Å². The second kappa shape index (κ2) is 4.13. The van der Waals surface area contributed by atoms with E-state index in [-0.39, 0.29) is 0 Å². The van der Waals surface area contributed by atoms with Crippen LogP contribution in [0.3, 0.4) is 0 Å². The van der Waals surface area contributed by atoms with Crippen LogP contribution in [0.2, 0.25) is 0 Å². The second-order valence-corrected chi connectivity index (χ2v) is 4.91. The first-order valence-corrected chi connectivity index (χ1v) is 6.10. The van der Waals surface area contributed by atoms with Crippen LogP contribution in [0.5, 0.6) is 0 Å². The zero-order chi connectivity index (χ0) is 11.8. The maximum Gasteiger partial charge on any atom is 0.125 e. The molecule has 1 saturated heterocycles. The summed E-state index contributed by atoms with van der Waals surface area (Å²) in [6.07, 6.45) is 0. The minimum Gasteiger partial charge on any atom is -0.341 e. The lowest BCUT2D eigenvalue weighted by atomic mass is 10.2. The van der Waals surface area contributed by atoms with Crippen molar-refractivity contribution in [2.75, 3.05) is 26.7 Å². The number of piperazine rings is 1. The van der Waals surface area contributed by atoms with Gasteiger partial charge in [-0.15, -0.1) is 0 Å². The van der Waals surface area contributed by atoms with Crippen molar-refractivity contribution in [1.29, 1.82) is 0 Å². The number of hydrogen-bond donors (Lipinski definition) is 2. The number of aryl methyl sites for hydroxylation is 1. The summed E-state index contributed by atoms with van der Waals surface area (Å²) in [7, 11) is 2.15. The Morgan fingerprint density at radius 1 is 1.41 bits per heavy atom. The Morgan fingerprint density at radius 3 is 3.12 bits per heavy atom. The summed E-state index contributed by atoms with van der Waals surface area (Å²) in [5, 5.41) is 3.51. The molecule has 0 spiro atoms. The number of nitrogens with zero attached hydrogens (tertiary/aromatic N) is 2. The Bertz CT molecular complexity index is 531. The summed E-state index contributed by atoms with van der Waals surface area (Å²) in [5.41, 5.74) is 3.46. The minimum atomic E-state index is 0.321. The summed E-state index contributed by atoms with van der Waals surface area (Å²) in [5.74, 6) is 1.05. The number of likely N-dealkylation sites (N-methyl/N-ethyl adjacent to an activating group) is 1. The van der Waals surface area contributed by atoms with Gasteiger partial charge in [-0.1, -0.05) is 6.07 Å². The number of hydrogen-bond acceptors (Lipinski definition) is 3. The fourth-order valence-corrected chi connectivity index (χ4v) is 2.39. The van der Waals surface area contributed by atoms with E-state index in [0.29, 0.717) is 6.04 Å². The molecular weight excluding hydrogens is 212 g/mol. The van der Waals surface area contributed by atoms with Crippen molar-refractivity contribution in [2.24, 2.45) is 0 Å². The third-order valence-corrected chi connectivity index (χ3v) is 3.36. The second-order valence-electron chi connectivity index (χ2n) is 4.91. The number of benzene rings is 1. The highest BCUT2D eigenvalue weighted by Gasteiger charge is 2.20. The van der Waals surface area contributed by atoms with E-state index >= 15 is 0 Å². The van der Waals surface area contributed by atoms with Crippen LogP contribution in [-0.2, 0) is 0 Å². The van der Waals surface area contributed by atoms with Crippen LogP contribution in [-0.4, -0.2) is 41.5 Å². The normalized spacial score (nSPS) is 22.1. The molecular formula is C13H18N4. The van der Waals surface area contributed by atoms with Gasteiger partial charge in [0, 0.05) is 19.6 Å². The first-order chi connectivity index (χ1) is 8.22. The number of nitrogens with one attached hydrogen (secondary N) is 2. The molecule has 0 amide bonds. The predicted octanol–water partition coefficient (Wildman–Crippen LogP) is 1.45. The molecule has 1 fully saturated rings. The van der Waals surface area contributed by atoms with Crippen molar-refractivity contribution in [3.63, 3.8) is 0 Å². The van der Waals surface area contributed by atoms with Crippen molar-refractivity contribution in [3.05, 3.63) is 29.6 Å². The molecule has 0 aliphatic carbocycles. The van der Waals surface area contributed by atoms with Crippen LogP contribution < -0.4 is 5.32 Å². The molecule has 1 aliphatic heterocycles. The number of imidazole rings is 1. The largest absolute Gasteiger partial charge is 0.341 e. The van der Waals surface area contributed by atoms with Crippen LogP contribution in [0, 0.1) is 6.92 Å². The van der Waals surface area contributed by atoms with Crippen LogP contribution in [0.15, 0.2) is 18.2 Å². The van der Waals surface area contributed by atoms with Gasteiger partial charge in [-0.3, -0.25) is 0 Å². The highest BCUT2D eigenvalue weighted by molar-refractivity contribution is 5.75. The molecule has 1 atom stereocenters. The summed E-state index contributed by atoms with van der Waals surface area (Å²) in [4.78, 5) is 10.4. The van der Waals surface area contributed by atoms with Crippen LogP contribution in [0.4, 0.5) is 0 Å². The lowest BCUT2D eigenvalue weighted by Gasteiger charge is -2.29. The first kappa shape index (κ1) is 10.7. The van der Waals surface area contributed by atoms with Gasteiger partial charge in [0.15, 0.2) is 0 Å². The molecule has 2 N–H and O–H groups in total. The summed E-state index contributed by atoms with van der Waals surface area (Å²) < 4.78 is 0. The Hall–Kier alpha value is -1.39. The highest BCUT2D eigenvalue weighted by Crippen LogP contribution is 2.19.